The number of benzene rings is 2. The molecule has 2 rings (SSSR count). The fourth-order valence-corrected chi connectivity index (χ4v) is 4.64. The minimum absolute atomic E-state index is 0.0201. The molecular weight excluding hydrogens is 388 g/mol. The van der Waals surface area contributed by atoms with Crippen molar-refractivity contribution < 1.29 is 23.1 Å². The number of hydrogen-bond donors (Lipinski definition) is 1. The third-order valence-corrected chi connectivity index (χ3v) is 6.76. The maximum atomic E-state index is 12.6. The number of hydrogen-bond acceptors (Lipinski definition) is 4. The molecule has 5 nitrogen and oxygen atoms in total. The van der Waals surface area contributed by atoms with Crippen LogP contribution in [-0.4, -0.2) is 31.9 Å². The molecule has 0 fully saturated rings. The van der Waals surface area contributed by atoms with Crippen LogP contribution in [0.5, 0.6) is 5.75 Å². The van der Waals surface area contributed by atoms with Gasteiger partial charge < -0.3 is 9.84 Å². The minimum Gasteiger partial charge on any atom is -0.496 e. The maximum Gasteiger partial charge on any atom is 0.322 e. The van der Waals surface area contributed by atoms with Gasteiger partial charge in [0, 0.05) is 5.02 Å². The Bertz CT molecular complexity index is 862. The Morgan fingerprint density at radius 1 is 1.07 bits per heavy atom. The highest BCUT2D eigenvalue weighted by Gasteiger charge is 2.33. The van der Waals surface area contributed by atoms with Gasteiger partial charge in [-0.05, 0) is 55.2 Å². The molecule has 0 heterocycles. The predicted octanol–water partition coefficient (Wildman–Crippen LogP) is 4.38. The normalized spacial score (nSPS) is 12.5. The van der Waals surface area contributed by atoms with Gasteiger partial charge in [-0.1, -0.05) is 42.6 Å². The third kappa shape index (κ3) is 5.71. The summed E-state index contributed by atoms with van der Waals surface area (Å²) < 4.78 is 30.5. The topological polar surface area (TPSA) is 80.7 Å². The molecule has 0 aliphatic carbocycles. The standard InChI is InChI=1S/C20H23ClO5S/c1-26-18-9-6-5-8-15(18)7-3-2-4-10-19(20(22)23)27(24,25)17-13-11-16(21)12-14-17/h5-6,8-9,11-14,19H,2-4,7,10H2,1H3,(H,22,23). The van der Waals surface area contributed by atoms with E-state index in [1.165, 1.54) is 24.3 Å². The van der Waals surface area contributed by atoms with Gasteiger partial charge in [-0.25, -0.2) is 8.42 Å². The van der Waals surface area contributed by atoms with E-state index in [9.17, 15) is 18.3 Å². The number of unbranched alkanes of at least 4 members (excludes halogenated alkanes) is 2. The number of methoxy groups -OCH3 is 1. The number of sulfone groups is 1. The Labute approximate surface area is 164 Å². The summed E-state index contributed by atoms with van der Waals surface area (Å²) in [6.45, 7) is 0. The first-order valence-electron chi connectivity index (χ1n) is 8.70. The van der Waals surface area contributed by atoms with Crippen LogP contribution in [0.25, 0.3) is 0 Å². The average molecular weight is 411 g/mol. The Morgan fingerprint density at radius 3 is 2.37 bits per heavy atom. The van der Waals surface area contributed by atoms with E-state index in [0.717, 1.165) is 30.6 Å². The van der Waals surface area contributed by atoms with E-state index in [-0.39, 0.29) is 11.3 Å². The highest BCUT2D eigenvalue weighted by atomic mass is 35.5. The van der Waals surface area contributed by atoms with Crippen molar-refractivity contribution in [1.29, 1.82) is 0 Å². The van der Waals surface area contributed by atoms with Gasteiger partial charge >= 0.3 is 5.97 Å². The van der Waals surface area contributed by atoms with Gasteiger partial charge in [0.05, 0.1) is 12.0 Å². The van der Waals surface area contributed by atoms with Crippen LogP contribution in [0, 0.1) is 0 Å². The summed E-state index contributed by atoms with van der Waals surface area (Å²) in [7, 11) is -2.32. The molecular formula is C20H23ClO5S. The molecule has 0 aliphatic rings. The molecule has 1 unspecified atom stereocenters. The van der Waals surface area contributed by atoms with Crippen LogP contribution in [0.15, 0.2) is 53.4 Å². The number of aryl methyl sites for hydroxylation is 1. The van der Waals surface area contributed by atoms with Crippen LogP contribution >= 0.6 is 11.6 Å². The van der Waals surface area contributed by atoms with E-state index >= 15 is 0 Å². The SMILES string of the molecule is COc1ccccc1CCCCCC(C(=O)O)S(=O)(=O)c1ccc(Cl)cc1. The molecule has 0 saturated heterocycles. The number of aliphatic carboxylic acids is 1. The number of rotatable bonds is 10. The summed E-state index contributed by atoms with van der Waals surface area (Å²) in [5.74, 6) is -0.499. The highest BCUT2D eigenvalue weighted by Crippen LogP contribution is 2.24. The smallest absolute Gasteiger partial charge is 0.322 e. The molecule has 1 N–H and O–H groups in total. The lowest BCUT2D eigenvalue weighted by Gasteiger charge is -2.14. The van der Waals surface area contributed by atoms with Gasteiger partial charge in [0.15, 0.2) is 15.1 Å². The molecule has 2 aromatic carbocycles. The first-order valence-corrected chi connectivity index (χ1v) is 10.6. The first kappa shape index (κ1) is 21.3. The summed E-state index contributed by atoms with van der Waals surface area (Å²) in [5.41, 5.74) is 1.09. The fourth-order valence-electron chi connectivity index (χ4n) is 2.93. The highest BCUT2D eigenvalue weighted by molar-refractivity contribution is 7.92. The van der Waals surface area contributed by atoms with Crippen molar-refractivity contribution in [2.24, 2.45) is 0 Å². The number of carboxylic acid groups (broad SMARTS) is 1. The van der Waals surface area contributed by atoms with Crippen molar-refractivity contribution in [2.75, 3.05) is 7.11 Å². The van der Waals surface area contributed by atoms with E-state index in [2.05, 4.69) is 0 Å². The van der Waals surface area contributed by atoms with Crippen LogP contribution < -0.4 is 4.74 Å². The second kappa shape index (κ2) is 9.76. The van der Waals surface area contributed by atoms with Crippen LogP contribution in [-0.2, 0) is 21.1 Å². The Morgan fingerprint density at radius 2 is 1.74 bits per heavy atom. The summed E-state index contributed by atoms with van der Waals surface area (Å²) >= 11 is 5.77. The molecule has 146 valence electrons. The summed E-state index contributed by atoms with van der Waals surface area (Å²) in [6, 6.07) is 13.3. The van der Waals surface area contributed by atoms with Crippen molar-refractivity contribution >= 4 is 27.4 Å². The zero-order valence-electron chi connectivity index (χ0n) is 15.1. The zero-order chi connectivity index (χ0) is 19.9. The lowest BCUT2D eigenvalue weighted by molar-refractivity contribution is -0.136. The second-order valence-corrected chi connectivity index (χ2v) is 8.80. The van der Waals surface area contributed by atoms with E-state index < -0.39 is 21.1 Å². The molecule has 7 heteroatoms. The van der Waals surface area contributed by atoms with Crippen molar-refractivity contribution in [3.05, 3.63) is 59.1 Å². The Hall–Kier alpha value is -2.05. The van der Waals surface area contributed by atoms with E-state index in [4.69, 9.17) is 16.3 Å². The zero-order valence-corrected chi connectivity index (χ0v) is 16.7. The molecule has 0 amide bonds. The van der Waals surface area contributed by atoms with Crippen molar-refractivity contribution in [1.82, 2.24) is 0 Å². The number of halogens is 1. The van der Waals surface area contributed by atoms with Crippen molar-refractivity contribution in [3.8, 4) is 5.75 Å². The molecule has 2 aromatic rings. The number of carboxylic acids is 1. The van der Waals surface area contributed by atoms with Crippen LogP contribution in [0.2, 0.25) is 5.02 Å². The molecule has 0 spiro atoms. The number of ether oxygens (including phenoxy) is 1. The molecule has 27 heavy (non-hydrogen) atoms. The van der Waals surface area contributed by atoms with Gasteiger partial charge in [0.25, 0.3) is 0 Å². The van der Waals surface area contributed by atoms with Crippen LogP contribution in [0.3, 0.4) is 0 Å². The predicted molar refractivity (Wildman–Crippen MR) is 105 cm³/mol. The van der Waals surface area contributed by atoms with Gasteiger partial charge in [-0.3, -0.25) is 4.79 Å². The quantitative estimate of drug-likeness (QED) is 0.588. The molecule has 0 saturated carbocycles. The summed E-state index contributed by atoms with van der Waals surface area (Å²) in [6.07, 6.45) is 2.95. The van der Waals surface area contributed by atoms with E-state index in [1.54, 1.807) is 7.11 Å². The first-order chi connectivity index (χ1) is 12.9. The largest absolute Gasteiger partial charge is 0.496 e. The number of para-hydroxylation sites is 1. The van der Waals surface area contributed by atoms with Crippen LogP contribution in [0.4, 0.5) is 0 Å². The Kier molecular flexibility index (Phi) is 7.68. The van der Waals surface area contributed by atoms with E-state index in [0.29, 0.717) is 11.4 Å². The minimum atomic E-state index is -3.95. The molecule has 0 aliphatic heterocycles. The molecule has 0 radical (unpaired) electrons. The fraction of sp³-hybridized carbons (Fsp3) is 0.350. The van der Waals surface area contributed by atoms with Crippen molar-refractivity contribution in [2.45, 2.75) is 42.2 Å². The second-order valence-electron chi connectivity index (χ2n) is 6.24. The third-order valence-electron chi connectivity index (χ3n) is 4.40. The van der Waals surface area contributed by atoms with Gasteiger partial charge in [0.1, 0.15) is 5.75 Å². The summed E-state index contributed by atoms with van der Waals surface area (Å²) in [4.78, 5) is 11.5. The van der Waals surface area contributed by atoms with Gasteiger partial charge in [0.2, 0.25) is 0 Å². The Balaban J connectivity index is 1.93. The van der Waals surface area contributed by atoms with Gasteiger partial charge in [-0.2, -0.15) is 0 Å². The maximum absolute atomic E-state index is 12.6. The molecule has 0 aromatic heterocycles. The molecule has 0 bridgehead atoms. The monoisotopic (exact) mass is 410 g/mol. The van der Waals surface area contributed by atoms with E-state index in [1.807, 2.05) is 24.3 Å². The lowest BCUT2D eigenvalue weighted by atomic mass is 10.0. The average Bonchev–Trinajstić information content (AvgIpc) is 2.64. The summed E-state index contributed by atoms with van der Waals surface area (Å²) in [5, 5.41) is 8.35. The van der Waals surface area contributed by atoms with Crippen LogP contribution in [0.1, 0.15) is 31.2 Å². The van der Waals surface area contributed by atoms with Crippen molar-refractivity contribution in [3.63, 3.8) is 0 Å². The lowest BCUT2D eigenvalue weighted by Crippen LogP contribution is -2.30. The number of carbonyl (C=O) groups is 1. The molecule has 1 atom stereocenters. The van der Waals surface area contributed by atoms with Gasteiger partial charge in [-0.15, -0.1) is 0 Å².